The summed E-state index contributed by atoms with van der Waals surface area (Å²) in [5, 5.41) is 6.54. The molecule has 27 heavy (non-hydrogen) atoms. The van der Waals surface area contributed by atoms with Crippen molar-refractivity contribution in [3.05, 3.63) is 59.2 Å². The normalized spacial score (nSPS) is 21.6. The first kappa shape index (κ1) is 17.9. The highest BCUT2D eigenvalue weighted by Gasteiger charge is 2.37. The lowest BCUT2D eigenvalue weighted by Crippen LogP contribution is -2.36. The summed E-state index contributed by atoms with van der Waals surface area (Å²) in [5.41, 5.74) is 4.67. The maximum Gasteiger partial charge on any atom is 0.321 e. The number of carbonyl (C=O) groups is 1. The number of methoxy groups -OCH3 is 1. The summed E-state index contributed by atoms with van der Waals surface area (Å²) in [4.78, 5) is 14.8. The van der Waals surface area contributed by atoms with Gasteiger partial charge in [0.15, 0.2) is 0 Å². The van der Waals surface area contributed by atoms with Crippen LogP contribution in [0.25, 0.3) is 0 Å². The Morgan fingerprint density at radius 2 is 2.11 bits per heavy atom. The largest absolute Gasteiger partial charge is 0.497 e. The smallest absolute Gasteiger partial charge is 0.321 e. The van der Waals surface area contributed by atoms with Gasteiger partial charge in [-0.1, -0.05) is 31.2 Å². The molecule has 1 atom stereocenters. The van der Waals surface area contributed by atoms with Crippen LogP contribution in [0.15, 0.2) is 42.5 Å². The number of anilines is 1. The minimum Gasteiger partial charge on any atom is -0.497 e. The van der Waals surface area contributed by atoms with Gasteiger partial charge in [-0.15, -0.1) is 0 Å². The zero-order valence-corrected chi connectivity index (χ0v) is 16.0. The van der Waals surface area contributed by atoms with Crippen LogP contribution < -0.4 is 15.4 Å². The van der Waals surface area contributed by atoms with Gasteiger partial charge in [0.25, 0.3) is 0 Å². The molecule has 1 fully saturated rings. The van der Waals surface area contributed by atoms with Crippen LogP contribution >= 0.6 is 0 Å². The Labute approximate surface area is 160 Å². The number of ether oxygens (including phenoxy) is 1. The Bertz CT molecular complexity index is 851. The maximum absolute atomic E-state index is 12.9. The van der Waals surface area contributed by atoms with E-state index in [0.29, 0.717) is 6.54 Å². The van der Waals surface area contributed by atoms with Gasteiger partial charge in [0.2, 0.25) is 0 Å². The molecule has 5 heteroatoms. The molecule has 1 saturated heterocycles. The van der Waals surface area contributed by atoms with Crippen molar-refractivity contribution in [3.63, 3.8) is 0 Å². The molecule has 2 aromatic carbocycles. The van der Waals surface area contributed by atoms with Crippen molar-refractivity contribution in [2.45, 2.75) is 31.7 Å². The highest BCUT2D eigenvalue weighted by atomic mass is 16.5. The average molecular weight is 365 g/mol. The molecule has 2 N–H and O–H groups in total. The number of benzene rings is 2. The van der Waals surface area contributed by atoms with E-state index < -0.39 is 0 Å². The molecule has 2 aliphatic heterocycles. The van der Waals surface area contributed by atoms with Gasteiger partial charge in [-0.2, -0.15) is 0 Å². The van der Waals surface area contributed by atoms with E-state index in [1.54, 1.807) is 7.11 Å². The van der Waals surface area contributed by atoms with Crippen LogP contribution in [0.4, 0.5) is 10.5 Å². The number of nitrogens with zero attached hydrogens (tertiary/aromatic N) is 1. The highest BCUT2D eigenvalue weighted by molar-refractivity contribution is 5.90. The lowest BCUT2D eigenvalue weighted by molar-refractivity contribution is 0.220. The van der Waals surface area contributed by atoms with Crippen LogP contribution in [-0.2, 0) is 18.4 Å². The number of urea groups is 1. The van der Waals surface area contributed by atoms with Crippen LogP contribution in [0, 0.1) is 0 Å². The molecule has 4 rings (SSSR count). The van der Waals surface area contributed by atoms with Crippen molar-refractivity contribution < 1.29 is 9.53 Å². The number of hydrogen-bond acceptors (Lipinski definition) is 3. The molecule has 0 saturated carbocycles. The summed E-state index contributed by atoms with van der Waals surface area (Å²) in [6.45, 7) is 5.53. The van der Waals surface area contributed by atoms with E-state index in [-0.39, 0.29) is 11.4 Å². The quantitative estimate of drug-likeness (QED) is 0.875. The summed E-state index contributed by atoms with van der Waals surface area (Å²) in [6, 6.07) is 14.4. The third-order valence-corrected chi connectivity index (χ3v) is 5.91. The summed E-state index contributed by atoms with van der Waals surface area (Å²) in [7, 11) is 1.69. The Hall–Kier alpha value is -2.53. The molecule has 5 nitrogen and oxygen atoms in total. The predicted octanol–water partition coefficient (Wildman–Crippen LogP) is 3.54. The molecule has 0 spiro atoms. The molecular formula is C22H27N3O2. The maximum atomic E-state index is 12.9. The monoisotopic (exact) mass is 365 g/mol. The number of carbonyl (C=O) groups excluding carboxylic acids is 1. The summed E-state index contributed by atoms with van der Waals surface area (Å²) in [6.07, 6.45) is 1.90. The van der Waals surface area contributed by atoms with Crippen molar-refractivity contribution in [3.8, 4) is 5.75 Å². The van der Waals surface area contributed by atoms with E-state index in [2.05, 4.69) is 35.8 Å². The van der Waals surface area contributed by atoms with Crippen molar-refractivity contribution >= 4 is 11.7 Å². The lowest BCUT2D eigenvalue weighted by Gasteiger charge is -2.26. The molecular weight excluding hydrogens is 338 g/mol. The van der Waals surface area contributed by atoms with E-state index >= 15 is 0 Å². The molecule has 142 valence electrons. The van der Waals surface area contributed by atoms with Gasteiger partial charge in [0, 0.05) is 30.7 Å². The molecule has 2 aromatic rings. The van der Waals surface area contributed by atoms with Crippen LogP contribution in [0.1, 0.15) is 30.0 Å². The van der Waals surface area contributed by atoms with Gasteiger partial charge >= 0.3 is 6.03 Å². The average Bonchev–Trinajstić information content (AvgIpc) is 3.12. The van der Waals surface area contributed by atoms with Crippen LogP contribution in [0.2, 0.25) is 0 Å². The molecule has 1 unspecified atom stereocenters. The van der Waals surface area contributed by atoms with E-state index in [1.807, 2.05) is 29.2 Å². The molecule has 0 aliphatic carbocycles. The van der Waals surface area contributed by atoms with Crippen LogP contribution in [0.5, 0.6) is 5.75 Å². The second-order valence-electron chi connectivity index (χ2n) is 7.76. The molecule has 2 heterocycles. The Morgan fingerprint density at radius 1 is 1.26 bits per heavy atom. The fourth-order valence-corrected chi connectivity index (χ4v) is 4.21. The summed E-state index contributed by atoms with van der Waals surface area (Å²) >= 11 is 0. The number of rotatable bonds is 3. The third-order valence-electron chi connectivity index (χ3n) is 5.91. The van der Waals surface area contributed by atoms with Crippen molar-refractivity contribution in [2.75, 3.05) is 32.1 Å². The van der Waals surface area contributed by atoms with Crippen molar-refractivity contribution in [2.24, 2.45) is 0 Å². The van der Waals surface area contributed by atoms with Gasteiger partial charge < -0.3 is 20.3 Å². The minimum absolute atomic E-state index is 0.00597. The number of fused-ring (bicyclic) bond motifs is 1. The van der Waals surface area contributed by atoms with Gasteiger partial charge in [-0.3, -0.25) is 0 Å². The minimum atomic E-state index is -0.0497. The molecule has 2 aliphatic rings. The zero-order chi connectivity index (χ0) is 18.9. The van der Waals surface area contributed by atoms with Gasteiger partial charge in [-0.25, -0.2) is 4.79 Å². The van der Waals surface area contributed by atoms with E-state index in [4.69, 9.17) is 4.74 Å². The van der Waals surface area contributed by atoms with Crippen molar-refractivity contribution in [1.29, 1.82) is 0 Å². The first-order chi connectivity index (χ1) is 13.1. The number of likely N-dealkylation sites (tertiary alicyclic amines) is 1. The molecule has 0 radical (unpaired) electrons. The van der Waals surface area contributed by atoms with E-state index in [9.17, 15) is 4.79 Å². The number of amides is 2. The number of hydrogen-bond donors (Lipinski definition) is 2. The Morgan fingerprint density at radius 3 is 2.96 bits per heavy atom. The SMILES string of the molecule is COc1cccc(C2(C)CCN(C(=O)Nc3cccc4c3CCNC4)C2)c1. The van der Waals surface area contributed by atoms with Crippen LogP contribution in [-0.4, -0.2) is 37.7 Å². The molecule has 0 bridgehead atoms. The molecule has 2 amide bonds. The van der Waals surface area contributed by atoms with Gasteiger partial charge in [-0.05, 0) is 54.3 Å². The fourth-order valence-electron chi connectivity index (χ4n) is 4.21. The highest BCUT2D eigenvalue weighted by Crippen LogP contribution is 2.36. The zero-order valence-electron chi connectivity index (χ0n) is 16.0. The third kappa shape index (κ3) is 3.52. The second-order valence-corrected chi connectivity index (χ2v) is 7.76. The second kappa shape index (κ2) is 7.24. The Kier molecular flexibility index (Phi) is 4.79. The summed E-state index contributed by atoms with van der Waals surface area (Å²) < 4.78 is 5.37. The topological polar surface area (TPSA) is 53.6 Å². The molecule has 0 aromatic heterocycles. The Balaban J connectivity index is 1.48. The predicted molar refractivity (Wildman–Crippen MR) is 107 cm³/mol. The van der Waals surface area contributed by atoms with Gasteiger partial charge in [0.1, 0.15) is 5.75 Å². The first-order valence-electron chi connectivity index (χ1n) is 9.61. The van der Waals surface area contributed by atoms with Crippen molar-refractivity contribution in [1.82, 2.24) is 10.2 Å². The van der Waals surface area contributed by atoms with Gasteiger partial charge in [0.05, 0.1) is 7.11 Å². The lowest BCUT2D eigenvalue weighted by atomic mass is 9.82. The first-order valence-corrected chi connectivity index (χ1v) is 9.61. The van der Waals surface area contributed by atoms with E-state index in [0.717, 1.165) is 43.9 Å². The fraction of sp³-hybridized carbons (Fsp3) is 0.409. The number of nitrogens with one attached hydrogen (secondary N) is 2. The summed E-state index contributed by atoms with van der Waals surface area (Å²) in [5.74, 6) is 0.862. The standard InChI is InChI=1S/C22H27N3O2/c1-22(17-6-4-7-18(13-17)27-2)10-12-25(15-22)21(26)24-20-8-3-5-16-14-23-11-9-19(16)20/h3-8,13,23H,9-12,14-15H2,1-2H3,(H,24,26). The van der Waals surface area contributed by atoms with E-state index in [1.165, 1.54) is 16.7 Å². The van der Waals surface area contributed by atoms with Crippen LogP contribution in [0.3, 0.4) is 0 Å².